The van der Waals surface area contributed by atoms with Crippen LogP contribution in [0.15, 0.2) is 36.5 Å². The molecule has 0 fully saturated rings. The Morgan fingerprint density at radius 3 is 2.65 bits per heavy atom. The fraction of sp³-hybridized carbons (Fsp3) is 0. The molecule has 2 N–H and O–H groups in total. The molecule has 1 aromatic carbocycles. The van der Waals surface area contributed by atoms with Gasteiger partial charge in [0.25, 0.3) is 0 Å². The normalized spacial score (nSPS) is 10.6. The van der Waals surface area contributed by atoms with E-state index in [4.69, 9.17) is 5.73 Å². The summed E-state index contributed by atoms with van der Waals surface area (Å²) in [6.07, 6.45) is 1.65. The summed E-state index contributed by atoms with van der Waals surface area (Å²) in [6, 6.07) is 9.72. The van der Waals surface area contributed by atoms with Gasteiger partial charge in [0.15, 0.2) is 5.01 Å². The van der Waals surface area contributed by atoms with Gasteiger partial charge in [-0.1, -0.05) is 34.7 Å². The van der Waals surface area contributed by atoms with Crippen molar-refractivity contribution in [2.45, 2.75) is 0 Å². The van der Waals surface area contributed by atoms with Crippen LogP contribution < -0.4 is 5.73 Å². The van der Waals surface area contributed by atoms with Gasteiger partial charge < -0.3 is 5.73 Å². The Balaban J connectivity index is 2.12. The topological polar surface area (TPSA) is 82.5 Å². The standard InChI is InChI=1S/C10H8N6S/c11-10-14-13-9(17-10)8-6-12-15-16(8)7-4-2-1-3-5-7/h1-6H,(H2,11,14). The molecule has 0 amide bonds. The quantitative estimate of drug-likeness (QED) is 0.736. The molecule has 2 heterocycles. The number of aromatic nitrogens is 5. The van der Waals surface area contributed by atoms with Crippen molar-refractivity contribution in [2.75, 3.05) is 5.73 Å². The highest BCUT2D eigenvalue weighted by atomic mass is 32.1. The third-order valence-electron chi connectivity index (χ3n) is 2.21. The van der Waals surface area contributed by atoms with Crippen LogP contribution in [0.25, 0.3) is 16.4 Å². The van der Waals surface area contributed by atoms with Crippen molar-refractivity contribution < 1.29 is 0 Å². The molecule has 0 spiro atoms. The zero-order valence-corrected chi connectivity index (χ0v) is 9.50. The number of nitrogen functional groups attached to an aromatic ring is 1. The summed E-state index contributed by atoms with van der Waals surface area (Å²) in [7, 11) is 0. The minimum absolute atomic E-state index is 0.431. The van der Waals surface area contributed by atoms with Crippen molar-refractivity contribution in [3.63, 3.8) is 0 Å². The zero-order valence-electron chi connectivity index (χ0n) is 8.69. The van der Waals surface area contributed by atoms with Gasteiger partial charge in [0.2, 0.25) is 5.13 Å². The van der Waals surface area contributed by atoms with Crippen LogP contribution in [0.2, 0.25) is 0 Å². The average molecular weight is 244 g/mol. The Labute approximate surface area is 101 Å². The molecule has 0 radical (unpaired) electrons. The van der Waals surface area contributed by atoms with Gasteiger partial charge in [-0.15, -0.1) is 15.3 Å². The van der Waals surface area contributed by atoms with Crippen molar-refractivity contribution in [2.24, 2.45) is 0 Å². The molecule has 0 saturated heterocycles. The van der Waals surface area contributed by atoms with Crippen LogP contribution >= 0.6 is 11.3 Å². The van der Waals surface area contributed by atoms with E-state index in [2.05, 4.69) is 20.5 Å². The van der Waals surface area contributed by atoms with E-state index >= 15 is 0 Å². The van der Waals surface area contributed by atoms with Crippen molar-refractivity contribution in [3.8, 4) is 16.4 Å². The van der Waals surface area contributed by atoms with Crippen LogP contribution in [-0.4, -0.2) is 25.2 Å². The predicted octanol–water partition coefficient (Wildman–Crippen LogP) is 1.37. The maximum Gasteiger partial charge on any atom is 0.203 e. The summed E-state index contributed by atoms with van der Waals surface area (Å²) >= 11 is 1.31. The van der Waals surface area contributed by atoms with Gasteiger partial charge in [-0.2, -0.15) is 0 Å². The summed E-state index contributed by atoms with van der Waals surface area (Å²) < 4.78 is 1.71. The lowest BCUT2D eigenvalue weighted by molar-refractivity contribution is 0.806. The van der Waals surface area contributed by atoms with Gasteiger partial charge in [-0.3, -0.25) is 0 Å². The Bertz CT molecular complexity index is 629. The van der Waals surface area contributed by atoms with Crippen LogP contribution in [0.4, 0.5) is 5.13 Å². The third kappa shape index (κ3) is 1.76. The molecule has 0 bridgehead atoms. The molecular formula is C10H8N6S. The molecule has 0 aliphatic heterocycles. The number of rotatable bonds is 2. The Kier molecular flexibility index (Phi) is 2.30. The molecule has 6 nitrogen and oxygen atoms in total. The molecule has 17 heavy (non-hydrogen) atoms. The fourth-order valence-electron chi connectivity index (χ4n) is 1.48. The highest BCUT2D eigenvalue weighted by Gasteiger charge is 2.12. The summed E-state index contributed by atoms with van der Waals surface area (Å²) in [5.41, 5.74) is 7.28. The van der Waals surface area contributed by atoms with Gasteiger partial charge >= 0.3 is 0 Å². The van der Waals surface area contributed by atoms with Gasteiger partial charge in [-0.05, 0) is 12.1 Å². The van der Waals surface area contributed by atoms with E-state index in [0.29, 0.717) is 10.1 Å². The van der Waals surface area contributed by atoms with Crippen molar-refractivity contribution in [1.29, 1.82) is 0 Å². The maximum atomic E-state index is 5.57. The SMILES string of the molecule is Nc1nnc(-c2cnnn2-c2ccccc2)s1. The van der Waals surface area contributed by atoms with Crippen LogP contribution in [-0.2, 0) is 0 Å². The second kappa shape index (κ2) is 3.95. The van der Waals surface area contributed by atoms with Crippen LogP contribution in [0.3, 0.4) is 0 Å². The molecule has 7 heteroatoms. The highest BCUT2D eigenvalue weighted by Crippen LogP contribution is 2.25. The van der Waals surface area contributed by atoms with E-state index in [1.54, 1.807) is 10.9 Å². The summed E-state index contributed by atoms with van der Waals surface area (Å²) in [5.74, 6) is 0. The molecule has 0 aliphatic carbocycles. The van der Waals surface area contributed by atoms with Crippen LogP contribution in [0.1, 0.15) is 0 Å². The monoisotopic (exact) mass is 244 g/mol. The van der Waals surface area contributed by atoms with Crippen LogP contribution in [0, 0.1) is 0 Å². The van der Waals surface area contributed by atoms with E-state index in [9.17, 15) is 0 Å². The first kappa shape index (κ1) is 9.91. The number of benzene rings is 1. The second-order valence-corrected chi connectivity index (χ2v) is 4.32. The molecule has 0 atom stereocenters. The van der Waals surface area contributed by atoms with E-state index < -0.39 is 0 Å². The molecule has 0 saturated carbocycles. The maximum absolute atomic E-state index is 5.57. The summed E-state index contributed by atoms with van der Waals surface area (Å²) in [5, 5.41) is 16.8. The van der Waals surface area contributed by atoms with Gasteiger partial charge in [0, 0.05) is 0 Å². The average Bonchev–Trinajstić information content (AvgIpc) is 2.98. The molecular weight excluding hydrogens is 236 g/mol. The first-order valence-electron chi connectivity index (χ1n) is 4.90. The van der Waals surface area contributed by atoms with Crippen molar-refractivity contribution in [1.82, 2.24) is 25.2 Å². The number of anilines is 1. The van der Waals surface area contributed by atoms with E-state index in [0.717, 1.165) is 11.4 Å². The Morgan fingerprint density at radius 1 is 1.12 bits per heavy atom. The molecule has 3 rings (SSSR count). The molecule has 3 aromatic rings. The van der Waals surface area contributed by atoms with E-state index in [-0.39, 0.29) is 0 Å². The summed E-state index contributed by atoms with van der Waals surface area (Å²) in [6.45, 7) is 0. The number of nitrogens with zero attached hydrogens (tertiary/aromatic N) is 5. The van der Waals surface area contributed by atoms with Gasteiger partial charge in [0.05, 0.1) is 11.9 Å². The number of para-hydroxylation sites is 1. The second-order valence-electron chi connectivity index (χ2n) is 3.31. The zero-order chi connectivity index (χ0) is 11.7. The minimum atomic E-state index is 0.431. The highest BCUT2D eigenvalue weighted by molar-refractivity contribution is 7.18. The first-order valence-corrected chi connectivity index (χ1v) is 5.72. The minimum Gasteiger partial charge on any atom is -0.374 e. The van der Waals surface area contributed by atoms with Crippen LogP contribution in [0.5, 0.6) is 0 Å². The Morgan fingerprint density at radius 2 is 1.94 bits per heavy atom. The molecule has 84 valence electrons. The van der Waals surface area contributed by atoms with E-state index in [1.807, 2.05) is 30.3 Å². The first-order chi connectivity index (χ1) is 8.34. The van der Waals surface area contributed by atoms with Gasteiger partial charge in [-0.25, -0.2) is 4.68 Å². The van der Waals surface area contributed by atoms with Crippen molar-refractivity contribution in [3.05, 3.63) is 36.5 Å². The Hall–Kier alpha value is -2.28. The molecule has 0 unspecified atom stereocenters. The van der Waals surface area contributed by atoms with Crippen molar-refractivity contribution >= 4 is 16.5 Å². The smallest absolute Gasteiger partial charge is 0.203 e. The number of hydrogen-bond donors (Lipinski definition) is 1. The fourth-order valence-corrected chi connectivity index (χ4v) is 2.08. The predicted molar refractivity (Wildman–Crippen MR) is 64.7 cm³/mol. The summed E-state index contributed by atoms with van der Waals surface area (Å²) in [4.78, 5) is 0. The lowest BCUT2D eigenvalue weighted by Crippen LogP contribution is -1.98. The third-order valence-corrected chi connectivity index (χ3v) is 2.98. The van der Waals surface area contributed by atoms with E-state index in [1.165, 1.54) is 11.3 Å². The molecule has 2 aromatic heterocycles. The largest absolute Gasteiger partial charge is 0.374 e. The molecule has 0 aliphatic rings. The van der Waals surface area contributed by atoms with Gasteiger partial charge in [0.1, 0.15) is 5.69 Å². The lowest BCUT2D eigenvalue weighted by atomic mass is 10.3. The lowest BCUT2D eigenvalue weighted by Gasteiger charge is -2.02. The number of nitrogens with two attached hydrogens (primary N) is 1. The number of hydrogen-bond acceptors (Lipinski definition) is 6.